The Morgan fingerprint density at radius 2 is 1.65 bits per heavy atom. The number of hydroxylamine groups is 1. The van der Waals surface area contributed by atoms with E-state index in [0.29, 0.717) is 0 Å². The summed E-state index contributed by atoms with van der Waals surface area (Å²) >= 11 is 0. The van der Waals surface area contributed by atoms with Crippen LogP contribution in [0.25, 0.3) is 12.2 Å². The Morgan fingerprint density at radius 3 is 2.35 bits per heavy atom. The van der Waals surface area contributed by atoms with Gasteiger partial charge in [0.05, 0.1) is 4.90 Å². The van der Waals surface area contributed by atoms with Crippen molar-refractivity contribution in [2.75, 3.05) is 0 Å². The summed E-state index contributed by atoms with van der Waals surface area (Å²) in [6, 6.07) is 14.9. The first kappa shape index (κ1) is 17.4. The molecule has 3 rings (SSSR count). The fourth-order valence-corrected chi connectivity index (χ4v) is 3.78. The zero-order valence-electron chi connectivity index (χ0n) is 13.4. The second-order valence-electron chi connectivity index (χ2n) is 5.32. The first-order chi connectivity index (χ1) is 12.4. The van der Waals surface area contributed by atoms with Crippen molar-refractivity contribution < 1.29 is 22.8 Å². The predicted octanol–water partition coefficient (Wildman–Crippen LogP) is 1.69. The van der Waals surface area contributed by atoms with Gasteiger partial charge in [0.1, 0.15) is 0 Å². The molecule has 1 aliphatic rings. The van der Waals surface area contributed by atoms with Crippen LogP contribution in [0.5, 0.6) is 0 Å². The number of amides is 1. The van der Waals surface area contributed by atoms with Crippen molar-refractivity contribution in [3.05, 3.63) is 77.5 Å². The molecule has 0 radical (unpaired) electrons. The van der Waals surface area contributed by atoms with Crippen LogP contribution >= 0.6 is 0 Å². The van der Waals surface area contributed by atoms with E-state index in [9.17, 15) is 18.0 Å². The molecule has 1 aliphatic heterocycles. The van der Waals surface area contributed by atoms with Crippen LogP contribution in [0.1, 0.15) is 11.1 Å². The number of primary amides is 1. The van der Waals surface area contributed by atoms with Gasteiger partial charge in [-0.25, -0.2) is 4.79 Å². The number of fused-ring (bicyclic) bond motifs is 1. The van der Waals surface area contributed by atoms with E-state index in [1.807, 2.05) is 6.07 Å². The van der Waals surface area contributed by atoms with Crippen molar-refractivity contribution in [3.8, 4) is 0 Å². The van der Waals surface area contributed by atoms with E-state index in [2.05, 4.69) is 0 Å². The van der Waals surface area contributed by atoms with Gasteiger partial charge in [-0.3, -0.25) is 4.79 Å². The summed E-state index contributed by atoms with van der Waals surface area (Å²) in [5, 5.41) is 0. The van der Waals surface area contributed by atoms with Crippen molar-refractivity contribution >= 4 is 34.1 Å². The number of carbonyl (C=O) groups excluding carboxylic acids is 2. The van der Waals surface area contributed by atoms with E-state index < -0.39 is 27.6 Å². The molecule has 0 spiro atoms. The summed E-state index contributed by atoms with van der Waals surface area (Å²) < 4.78 is 25.7. The second-order valence-corrected chi connectivity index (χ2v) is 7.04. The van der Waals surface area contributed by atoms with Crippen LogP contribution in [0.15, 0.2) is 71.3 Å². The number of rotatable bonds is 4. The van der Waals surface area contributed by atoms with Crippen LogP contribution in [0, 0.1) is 0 Å². The minimum atomic E-state index is -4.27. The molecule has 0 bridgehead atoms. The topological polar surface area (TPSA) is 107 Å². The van der Waals surface area contributed by atoms with Gasteiger partial charge in [-0.15, -0.1) is 0 Å². The second kappa shape index (κ2) is 6.85. The SMILES string of the molecule is NC(=O)C1=Cc2ccccc2S(=O)(=O)N1OC(=O)C=Cc1ccccc1. The van der Waals surface area contributed by atoms with Crippen molar-refractivity contribution in [1.29, 1.82) is 0 Å². The number of nitrogens with two attached hydrogens (primary N) is 1. The summed E-state index contributed by atoms with van der Waals surface area (Å²) in [7, 11) is -4.27. The zero-order chi connectivity index (χ0) is 18.7. The highest BCUT2D eigenvalue weighted by molar-refractivity contribution is 7.89. The van der Waals surface area contributed by atoms with Crippen LogP contribution in [0.4, 0.5) is 0 Å². The van der Waals surface area contributed by atoms with Crippen molar-refractivity contribution in [1.82, 2.24) is 4.47 Å². The molecule has 0 fully saturated rings. The molecule has 2 aromatic carbocycles. The van der Waals surface area contributed by atoms with E-state index >= 15 is 0 Å². The molecule has 2 N–H and O–H groups in total. The van der Waals surface area contributed by atoms with E-state index in [4.69, 9.17) is 10.6 Å². The molecule has 0 aromatic heterocycles. The third-order valence-electron chi connectivity index (χ3n) is 3.54. The van der Waals surface area contributed by atoms with Gasteiger partial charge in [-0.2, -0.15) is 8.42 Å². The van der Waals surface area contributed by atoms with Gasteiger partial charge in [0.15, 0.2) is 5.70 Å². The summed E-state index contributed by atoms with van der Waals surface area (Å²) in [5.41, 5.74) is 5.81. The van der Waals surface area contributed by atoms with Gasteiger partial charge in [0.2, 0.25) is 0 Å². The number of nitrogens with zero attached hydrogens (tertiary/aromatic N) is 1. The largest absolute Gasteiger partial charge is 0.364 e. The number of hydrogen-bond acceptors (Lipinski definition) is 5. The molecule has 0 saturated carbocycles. The van der Waals surface area contributed by atoms with Gasteiger partial charge in [-0.1, -0.05) is 53.0 Å². The van der Waals surface area contributed by atoms with Crippen LogP contribution in [0.2, 0.25) is 0 Å². The van der Waals surface area contributed by atoms with E-state index in [0.717, 1.165) is 11.6 Å². The summed E-state index contributed by atoms with van der Waals surface area (Å²) in [6.45, 7) is 0. The predicted molar refractivity (Wildman–Crippen MR) is 94.2 cm³/mol. The molecule has 0 unspecified atom stereocenters. The van der Waals surface area contributed by atoms with E-state index in [-0.39, 0.29) is 14.9 Å². The molecule has 0 aliphatic carbocycles. The lowest BCUT2D eigenvalue weighted by atomic mass is 10.2. The van der Waals surface area contributed by atoms with Gasteiger partial charge in [-0.05, 0) is 29.3 Å². The van der Waals surface area contributed by atoms with Crippen molar-refractivity contribution in [2.24, 2.45) is 5.73 Å². The third kappa shape index (κ3) is 3.35. The van der Waals surface area contributed by atoms with E-state index in [1.54, 1.807) is 30.3 Å². The zero-order valence-corrected chi connectivity index (χ0v) is 14.2. The molecule has 8 heteroatoms. The summed E-state index contributed by atoms with van der Waals surface area (Å²) in [6.07, 6.45) is 3.78. The maximum Gasteiger partial charge on any atom is 0.357 e. The smallest absolute Gasteiger partial charge is 0.357 e. The third-order valence-corrected chi connectivity index (χ3v) is 5.18. The van der Waals surface area contributed by atoms with Crippen LogP contribution in [0.3, 0.4) is 0 Å². The molecular weight excluding hydrogens is 356 g/mol. The summed E-state index contributed by atoms with van der Waals surface area (Å²) in [5.74, 6) is -2.01. The standard InChI is InChI=1S/C18H14N2O5S/c19-18(22)15-12-14-8-4-5-9-16(14)26(23,24)20(15)25-17(21)11-10-13-6-2-1-3-7-13/h1-12H,(H2,19,22). The number of carbonyl (C=O) groups is 2. The first-order valence-electron chi connectivity index (χ1n) is 7.50. The lowest BCUT2D eigenvalue weighted by Crippen LogP contribution is -2.39. The first-order valence-corrected chi connectivity index (χ1v) is 8.94. The van der Waals surface area contributed by atoms with Gasteiger partial charge >= 0.3 is 5.97 Å². The molecule has 132 valence electrons. The van der Waals surface area contributed by atoms with Gasteiger partial charge in [0.25, 0.3) is 15.9 Å². The Morgan fingerprint density at radius 1 is 1.00 bits per heavy atom. The molecule has 2 aromatic rings. The fraction of sp³-hybridized carbons (Fsp3) is 0. The highest BCUT2D eigenvalue weighted by atomic mass is 32.2. The van der Waals surface area contributed by atoms with Crippen molar-refractivity contribution in [3.63, 3.8) is 0 Å². The quantitative estimate of drug-likeness (QED) is 0.824. The molecule has 1 amide bonds. The van der Waals surface area contributed by atoms with Gasteiger partial charge in [0, 0.05) is 6.08 Å². The van der Waals surface area contributed by atoms with Crippen molar-refractivity contribution in [2.45, 2.75) is 4.90 Å². The Bertz CT molecular complexity index is 1030. The van der Waals surface area contributed by atoms with Crippen LogP contribution in [-0.4, -0.2) is 24.8 Å². The monoisotopic (exact) mass is 370 g/mol. The van der Waals surface area contributed by atoms with Gasteiger partial charge < -0.3 is 10.6 Å². The molecule has 7 nitrogen and oxygen atoms in total. The summed E-state index contributed by atoms with van der Waals surface area (Å²) in [4.78, 5) is 28.5. The molecule has 0 saturated heterocycles. The number of sulfonamides is 1. The normalized spacial score (nSPS) is 15.2. The lowest BCUT2D eigenvalue weighted by Gasteiger charge is -2.26. The number of hydrogen-bond donors (Lipinski definition) is 1. The number of benzene rings is 2. The maximum absolute atomic E-state index is 12.7. The molecule has 26 heavy (non-hydrogen) atoms. The Balaban J connectivity index is 1.92. The Hall–Kier alpha value is -3.39. The minimum Gasteiger partial charge on any atom is -0.364 e. The Labute approximate surface area is 150 Å². The van der Waals surface area contributed by atoms with E-state index in [1.165, 1.54) is 30.4 Å². The Kier molecular flexibility index (Phi) is 4.59. The average Bonchev–Trinajstić information content (AvgIpc) is 2.63. The molecule has 0 atom stereocenters. The fourth-order valence-electron chi connectivity index (χ4n) is 2.35. The molecular formula is C18H14N2O5S. The van der Waals surface area contributed by atoms with Crippen LogP contribution < -0.4 is 5.73 Å². The highest BCUT2D eigenvalue weighted by Gasteiger charge is 2.37. The highest BCUT2D eigenvalue weighted by Crippen LogP contribution is 2.31. The lowest BCUT2D eigenvalue weighted by molar-refractivity contribution is -0.158. The molecule has 1 heterocycles. The maximum atomic E-state index is 12.7. The average molecular weight is 370 g/mol. The minimum absolute atomic E-state index is 0.0927. The van der Waals surface area contributed by atoms with Crippen LogP contribution in [-0.2, 0) is 24.4 Å².